The predicted molar refractivity (Wildman–Crippen MR) is 92.7 cm³/mol. The van der Waals surface area contributed by atoms with Gasteiger partial charge in [0.2, 0.25) is 0 Å². The van der Waals surface area contributed by atoms with Crippen LogP contribution >= 0.6 is 0 Å². The van der Waals surface area contributed by atoms with E-state index in [1.165, 1.54) is 5.56 Å². The molecular formula is C19H17N3O. The van der Waals surface area contributed by atoms with Gasteiger partial charge in [-0.3, -0.25) is 9.36 Å². The molecule has 1 atom stereocenters. The zero-order valence-corrected chi connectivity index (χ0v) is 12.9. The fraction of sp³-hybridized carbons (Fsp3) is 0.158. The summed E-state index contributed by atoms with van der Waals surface area (Å²) in [5.41, 5.74) is 3.47. The van der Waals surface area contributed by atoms with Crippen molar-refractivity contribution >= 4 is 21.9 Å². The molecule has 114 valence electrons. The van der Waals surface area contributed by atoms with E-state index in [2.05, 4.69) is 29.0 Å². The van der Waals surface area contributed by atoms with Crippen molar-refractivity contribution in [1.29, 1.82) is 0 Å². The number of nitrogens with one attached hydrogen (secondary N) is 1. The zero-order valence-electron chi connectivity index (χ0n) is 12.9. The number of hydrogen-bond acceptors (Lipinski definition) is 2. The van der Waals surface area contributed by atoms with Crippen molar-refractivity contribution in [3.63, 3.8) is 0 Å². The Morgan fingerprint density at radius 2 is 1.83 bits per heavy atom. The van der Waals surface area contributed by atoms with E-state index < -0.39 is 0 Å². The van der Waals surface area contributed by atoms with E-state index >= 15 is 0 Å². The second kappa shape index (κ2) is 5.39. The average Bonchev–Trinajstić information content (AvgIpc) is 2.98. The second-order valence-electron chi connectivity index (χ2n) is 5.91. The minimum atomic E-state index is -0.0195. The Kier molecular flexibility index (Phi) is 3.23. The molecule has 0 aliphatic heterocycles. The monoisotopic (exact) mass is 303 g/mol. The minimum absolute atomic E-state index is 0.0195. The van der Waals surface area contributed by atoms with Gasteiger partial charge < -0.3 is 4.98 Å². The summed E-state index contributed by atoms with van der Waals surface area (Å²) >= 11 is 0. The third-order valence-electron chi connectivity index (χ3n) is 4.32. The molecule has 2 heterocycles. The smallest absolute Gasteiger partial charge is 0.277 e. The maximum absolute atomic E-state index is 12.8. The summed E-state index contributed by atoms with van der Waals surface area (Å²) in [4.78, 5) is 20.5. The van der Waals surface area contributed by atoms with Crippen LogP contribution in [0.4, 0.5) is 0 Å². The lowest BCUT2D eigenvalue weighted by Crippen LogP contribution is -2.23. The van der Waals surface area contributed by atoms with Crippen LogP contribution in [-0.2, 0) is 6.54 Å². The Labute approximate surface area is 133 Å². The summed E-state index contributed by atoms with van der Waals surface area (Å²) in [6, 6.07) is 18.1. The first-order chi connectivity index (χ1) is 11.2. The molecule has 0 saturated carbocycles. The number of aromatic nitrogens is 3. The largest absolute Gasteiger partial charge is 0.349 e. The highest BCUT2D eigenvalue weighted by Gasteiger charge is 2.12. The van der Waals surface area contributed by atoms with E-state index in [0.29, 0.717) is 12.1 Å². The van der Waals surface area contributed by atoms with Gasteiger partial charge in [0.25, 0.3) is 5.56 Å². The van der Waals surface area contributed by atoms with Crippen LogP contribution in [0, 0.1) is 0 Å². The van der Waals surface area contributed by atoms with Crippen LogP contribution in [0.15, 0.2) is 65.7 Å². The van der Waals surface area contributed by atoms with Crippen LogP contribution in [0.3, 0.4) is 0 Å². The van der Waals surface area contributed by atoms with Crippen LogP contribution in [0.1, 0.15) is 18.4 Å². The first kappa shape index (κ1) is 13.8. The number of hydrogen-bond donors (Lipinski definition) is 1. The molecule has 0 bridgehead atoms. The molecule has 23 heavy (non-hydrogen) atoms. The molecule has 4 heteroatoms. The van der Waals surface area contributed by atoms with E-state index in [1.807, 2.05) is 42.5 Å². The molecule has 0 saturated heterocycles. The Bertz CT molecular complexity index is 1030. The van der Waals surface area contributed by atoms with Crippen LogP contribution in [0.25, 0.3) is 21.9 Å². The van der Waals surface area contributed by atoms with Gasteiger partial charge in [-0.15, -0.1) is 0 Å². The maximum Gasteiger partial charge on any atom is 0.277 e. The molecule has 0 aliphatic carbocycles. The molecule has 1 N–H and O–H groups in total. The van der Waals surface area contributed by atoms with Gasteiger partial charge in [0.1, 0.15) is 11.0 Å². The van der Waals surface area contributed by atoms with E-state index in [-0.39, 0.29) is 11.5 Å². The lowest BCUT2D eigenvalue weighted by molar-refractivity contribution is 0.576. The SMILES string of the molecule is C[C@@H](Cn1cnc2c([nH]c3ccccc32)c1=O)c1ccccc1. The third kappa shape index (κ3) is 2.32. The lowest BCUT2D eigenvalue weighted by Gasteiger charge is -2.13. The highest BCUT2D eigenvalue weighted by Crippen LogP contribution is 2.21. The highest BCUT2D eigenvalue weighted by atomic mass is 16.1. The lowest BCUT2D eigenvalue weighted by atomic mass is 10.0. The van der Waals surface area contributed by atoms with E-state index in [0.717, 1.165) is 16.4 Å². The van der Waals surface area contributed by atoms with Crippen molar-refractivity contribution in [2.45, 2.75) is 19.4 Å². The summed E-state index contributed by atoms with van der Waals surface area (Å²) < 4.78 is 1.69. The molecule has 0 unspecified atom stereocenters. The molecule has 0 spiro atoms. The first-order valence-electron chi connectivity index (χ1n) is 7.75. The summed E-state index contributed by atoms with van der Waals surface area (Å²) in [6.45, 7) is 2.73. The minimum Gasteiger partial charge on any atom is -0.349 e. The molecular weight excluding hydrogens is 286 g/mol. The van der Waals surface area contributed by atoms with Gasteiger partial charge in [-0.1, -0.05) is 55.5 Å². The molecule has 0 radical (unpaired) electrons. The summed E-state index contributed by atoms with van der Waals surface area (Å²) in [5.74, 6) is 0.248. The van der Waals surface area contributed by atoms with Crippen LogP contribution in [-0.4, -0.2) is 14.5 Å². The molecule has 4 nitrogen and oxygen atoms in total. The average molecular weight is 303 g/mol. The number of para-hydroxylation sites is 1. The molecule has 2 aromatic heterocycles. The topological polar surface area (TPSA) is 50.7 Å². The van der Waals surface area contributed by atoms with Crippen LogP contribution in [0.5, 0.6) is 0 Å². The number of H-pyrrole nitrogens is 1. The molecule has 4 aromatic rings. The van der Waals surface area contributed by atoms with Gasteiger partial charge in [-0.25, -0.2) is 4.98 Å². The fourth-order valence-electron chi connectivity index (χ4n) is 3.05. The van der Waals surface area contributed by atoms with Crippen molar-refractivity contribution in [3.8, 4) is 0 Å². The number of nitrogens with zero attached hydrogens (tertiary/aromatic N) is 2. The van der Waals surface area contributed by atoms with E-state index in [4.69, 9.17) is 0 Å². The van der Waals surface area contributed by atoms with Crippen LogP contribution in [0.2, 0.25) is 0 Å². The Hall–Kier alpha value is -2.88. The first-order valence-corrected chi connectivity index (χ1v) is 7.75. The van der Waals surface area contributed by atoms with E-state index in [9.17, 15) is 4.79 Å². The van der Waals surface area contributed by atoms with Gasteiger partial charge in [0.15, 0.2) is 0 Å². The normalized spacial score (nSPS) is 12.7. The molecule has 0 fully saturated rings. The van der Waals surface area contributed by atoms with Gasteiger partial charge >= 0.3 is 0 Å². The van der Waals surface area contributed by atoms with Crippen molar-refractivity contribution in [1.82, 2.24) is 14.5 Å². The van der Waals surface area contributed by atoms with Crippen LogP contribution < -0.4 is 5.56 Å². The van der Waals surface area contributed by atoms with Crippen molar-refractivity contribution in [2.24, 2.45) is 0 Å². The molecule has 4 rings (SSSR count). The summed E-state index contributed by atoms with van der Waals surface area (Å²) in [6.07, 6.45) is 1.66. The third-order valence-corrected chi connectivity index (χ3v) is 4.32. The van der Waals surface area contributed by atoms with Crippen molar-refractivity contribution in [3.05, 3.63) is 76.8 Å². The summed E-state index contributed by atoms with van der Waals surface area (Å²) in [5, 5.41) is 0.989. The van der Waals surface area contributed by atoms with E-state index in [1.54, 1.807) is 10.9 Å². The van der Waals surface area contributed by atoms with Gasteiger partial charge in [-0.05, 0) is 17.5 Å². The van der Waals surface area contributed by atoms with Gasteiger partial charge in [-0.2, -0.15) is 0 Å². The second-order valence-corrected chi connectivity index (χ2v) is 5.91. The fourth-order valence-corrected chi connectivity index (χ4v) is 3.05. The molecule has 0 aliphatic rings. The number of rotatable bonds is 3. The number of fused-ring (bicyclic) bond motifs is 3. The van der Waals surface area contributed by atoms with Crippen molar-refractivity contribution in [2.75, 3.05) is 0 Å². The standard InChI is InChI=1S/C19H17N3O/c1-13(14-7-3-2-4-8-14)11-22-12-20-17-15-9-5-6-10-16(15)21-18(17)19(22)23/h2-10,12-13,21H,11H2,1H3/t13-/m0/s1. The van der Waals surface area contributed by atoms with Gasteiger partial charge in [0, 0.05) is 17.4 Å². The Morgan fingerprint density at radius 1 is 1.09 bits per heavy atom. The van der Waals surface area contributed by atoms with Crippen molar-refractivity contribution < 1.29 is 0 Å². The van der Waals surface area contributed by atoms with Gasteiger partial charge in [0.05, 0.1) is 6.33 Å². The predicted octanol–water partition coefficient (Wildman–Crippen LogP) is 3.68. The summed E-state index contributed by atoms with van der Waals surface area (Å²) in [7, 11) is 0. The molecule has 0 amide bonds. The zero-order chi connectivity index (χ0) is 15.8. The Morgan fingerprint density at radius 3 is 2.65 bits per heavy atom. The maximum atomic E-state index is 12.8. The Balaban J connectivity index is 1.78. The number of aromatic amines is 1. The molecule has 2 aromatic carbocycles. The highest BCUT2D eigenvalue weighted by molar-refractivity contribution is 6.04. The quantitative estimate of drug-likeness (QED) is 0.627. The number of benzene rings is 2.